The van der Waals surface area contributed by atoms with Gasteiger partial charge in [0.15, 0.2) is 0 Å². The monoisotopic (exact) mass is 383 g/mol. The Bertz CT molecular complexity index is 1020. The average molecular weight is 383 g/mol. The fourth-order valence-electron chi connectivity index (χ4n) is 2.22. The van der Waals surface area contributed by atoms with E-state index in [0.29, 0.717) is 23.6 Å². The maximum absolute atomic E-state index is 11.4. The molecule has 3 aromatic rings. The van der Waals surface area contributed by atoms with Crippen LogP contribution in [0.5, 0.6) is 0 Å². The van der Waals surface area contributed by atoms with Crippen LogP contribution < -0.4 is 10.2 Å². The van der Waals surface area contributed by atoms with Crippen molar-refractivity contribution in [1.82, 2.24) is 15.2 Å². The van der Waals surface area contributed by atoms with Gasteiger partial charge in [-0.15, -0.1) is 5.10 Å². The number of benzene rings is 1. The number of aliphatic carboxylic acids is 1. The number of carbonyl (C=O) groups excluding carboxylic acids is 2. The second-order valence-corrected chi connectivity index (χ2v) is 6.40. The Labute approximate surface area is 157 Å². The van der Waals surface area contributed by atoms with Gasteiger partial charge in [-0.05, 0) is 41.6 Å². The van der Waals surface area contributed by atoms with E-state index in [9.17, 15) is 19.8 Å². The Kier molecular flexibility index (Phi) is 5.41. The minimum Gasteiger partial charge on any atom is -0.545 e. The molecule has 0 unspecified atom stereocenters. The number of rotatable bonds is 7. The summed E-state index contributed by atoms with van der Waals surface area (Å²) in [5.41, 5.74) is 0.545. The summed E-state index contributed by atoms with van der Waals surface area (Å²) in [4.78, 5) is 26.4. The van der Waals surface area contributed by atoms with Crippen molar-refractivity contribution >= 4 is 29.8 Å². The first-order valence-electron chi connectivity index (χ1n) is 7.90. The van der Waals surface area contributed by atoms with Gasteiger partial charge in [-0.2, -0.15) is 0 Å². The molecule has 0 saturated carbocycles. The van der Waals surface area contributed by atoms with Crippen LogP contribution in [0.4, 0.5) is 0 Å². The first-order valence-corrected chi connectivity index (χ1v) is 8.71. The third-order valence-electron chi connectivity index (χ3n) is 3.53. The number of aromatic amines is 1. The molecule has 2 heterocycles. The SMILES string of the molecule is CCc1nc(S/C(=C/c2ccc(-c3cccc(C(=O)[O-])c3)o2)C(=O)[O-])n[nH]1. The summed E-state index contributed by atoms with van der Waals surface area (Å²) in [5.74, 6) is -1.39. The van der Waals surface area contributed by atoms with Gasteiger partial charge in [-0.25, -0.2) is 4.98 Å². The lowest BCUT2D eigenvalue weighted by Crippen LogP contribution is -2.23. The van der Waals surface area contributed by atoms with E-state index in [-0.39, 0.29) is 21.4 Å². The molecule has 8 nitrogen and oxygen atoms in total. The molecule has 2 aromatic heterocycles. The van der Waals surface area contributed by atoms with Crippen LogP contribution in [0.2, 0.25) is 0 Å². The first-order chi connectivity index (χ1) is 13.0. The van der Waals surface area contributed by atoms with Gasteiger partial charge >= 0.3 is 0 Å². The third-order valence-corrected chi connectivity index (χ3v) is 4.40. The van der Waals surface area contributed by atoms with Crippen molar-refractivity contribution in [3.63, 3.8) is 0 Å². The van der Waals surface area contributed by atoms with Crippen LogP contribution >= 0.6 is 11.8 Å². The van der Waals surface area contributed by atoms with Crippen molar-refractivity contribution in [3.05, 3.63) is 58.5 Å². The number of aromatic nitrogens is 3. The zero-order valence-corrected chi connectivity index (χ0v) is 14.9. The maximum Gasteiger partial charge on any atom is 0.213 e. The quantitative estimate of drug-likeness (QED) is 0.469. The minimum atomic E-state index is -1.39. The summed E-state index contributed by atoms with van der Waals surface area (Å²) in [6.45, 7) is 1.89. The number of aryl methyl sites for hydroxylation is 1. The number of thioether (sulfide) groups is 1. The number of hydrogen-bond acceptors (Lipinski definition) is 8. The van der Waals surface area contributed by atoms with Gasteiger partial charge in [-0.3, -0.25) is 5.10 Å². The lowest BCUT2D eigenvalue weighted by atomic mass is 10.1. The highest BCUT2D eigenvalue weighted by atomic mass is 32.2. The van der Waals surface area contributed by atoms with Crippen LogP contribution in [0.1, 0.15) is 28.9 Å². The van der Waals surface area contributed by atoms with E-state index in [0.717, 1.165) is 11.8 Å². The lowest BCUT2D eigenvalue weighted by Gasteiger charge is -2.05. The highest BCUT2D eigenvalue weighted by molar-refractivity contribution is 8.04. The standard InChI is InChI=1S/C18H15N3O5S/c1-2-15-19-18(21-20-15)27-14(17(24)25)9-12-6-7-13(26-12)10-4-3-5-11(8-10)16(22)23/h3-9H,2H2,1H3,(H,22,23)(H,24,25)(H,19,20,21)/p-2/b14-9+. The van der Waals surface area contributed by atoms with Gasteiger partial charge in [0.2, 0.25) is 5.16 Å². The summed E-state index contributed by atoms with van der Waals surface area (Å²) in [6.07, 6.45) is 1.94. The molecule has 0 aliphatic carbocycles. The third kappa shape index (κ3) is 4.45. The number of H-pyrrole nitrogens is 1. The maximum atomic E-state index is 11.4. The molecule has 0 fully saturated rings. The summed E-state index contributed by atoms with van der Waals surface area (Å²) in [7, 11) is 0. The summed E-state index contributed by atoms with van der Waals surface area (Å²) in [5, 5.41) is 29.3. The highest BCUT2D eigenvalue weighted by Crippen LogP contribution is 2.28. The molecule has 138 valence electrons. The molecule has 0 atom stereocenters. The molecule has 3 rings (SSSR count). The van der Waals surface area contributed by atoms with Crippen molar-refractivity contribution in [2.75, 3.05) is 0 Å². The van der Waals surface area contributed by atoms with E-state index in [1.165, 1.54) is 18.2 Å². The topological polar surface area (TPSA) is 135 Å². The molecule has 9 heteroatoms. The molecule has 0 aliphatic heterocycles. The largest absolute Gasteiger partial charge is 0.545 e. The zero-order valence-electron chi connectivity index (χ0n) is 14.1. The van der Waals surface area contributed by atoms with E-state index in [1.54, 1.807) is 24.3 Å². The molecular formula is C18H13N3O5S-2. The number of carboxylic acid groups (broad SMARTS) is 2. The Hall–Kier alpha value is -3.33. The Morgan fingerprint density at radius 1 is 1.26 bits per heavy atom. The minimum absolute atomic E-state index is 0.0170. The number of nitrogens with zero attached hydrogens (tertiary/aromatic N) is 2. The van der Waals surface area contributed by atoms with E-state index in [1.807, 2.05) is 6.92 Å². The van der Waals surface area contributed by atoms with Crippen LogP contribution in [0.15, 0.2) is 50.9 Å². The van der Waals surface area contributed by atoms with Crippen molar-refractivity contribution in [2.24, 2.45) is 0 Å². The second-order valence-electron chi connectivity index (χ2n) is 5.39. The molecule has 1 aromatic carbocycles. The smallest absolute Gasteiger partial charge is 0.213 e. The molecule has 0 aliphatic rings. The van der Waals surface area contributed by atoms with Gasteiger partial charge in [0.05, 0.1) is 11.9 Å². The van der Waals surface area contributed by atoms with E-state index >= 15 is 0 Å². The predicted octanol–water partition coefficient (Wildman–Crippen LogP) is 0.874. The van der Waals surface area contributed by atoms with Crippen LogP contribution in [0, 0.1) is 0 Å². The van der Waals surface area contributed by atoms with E-state index in [4.69, 9.17) is 4.42 Å². The average Bonchev–Trinajstić information content (AvgIpc) is 3.30. The number of hydrogen-bond donors (Lipinski definition) is 1. The Morgan fingerprint density at radius 2 is 2.07 bits per heavy atom. The van der Waals surface area contributed by atoms with Gasteiger partial charge in [0.25, 0.3) is 0 Å². The summed E-state index contributed by atoms with van der Waals surface area (Å²) < 4.78 is 5.61. The molecular weight excluding hydrogens is 370 g/mol. The summed E-state index contributed by atoms with van der Waals surface area (Å²) in [6, 6.07) is 9.24. The molecule has 0 bridgehead atoms. The summed E-state index contributed by atoms with van der Waals surface area (Å²) >= 11 is 0.839. The number of aromatic carboxylic acids is 1. The Balaban J connectivity index is 1.85. The van der Waals surface area contributed by atoms with Gasteiger partial charge in [-0.1, -0.05) is 25.1 Å². The van der Waals surface area contributed by atoms with Crippen molar-refractivity contribution in [1.29, 1.82) is 0 Å². The molecule has 0 spiro atoms. The molecule has 0 amide bonds. The van der Waals surface area contributed by atoms with Crippen LogP contribution in [-0.4, -0.2) is 27.1 Å². The number of carboxylic acids is 2. The fraction of sp³-hybridized carbons (Fsp3) is 0.111. The second kappa shape index (κ2) is 7.92. The normalized spacial score (nSPS) is 11.5. The van der Waals surface area contributed by atoms with Gasteiger partial charge in [0.1, 0.15) is 17.3 Å². The van der Waals surface area contributed by atoms with E-state index in [2.05, 4.69) is 15.2 Å². The number of furan rings is 1. The van der Waals surface area contributed by atoms with Crippen molar-refractivity contribution in [3.8, 4) is 11.3 Å². The zero-order chi connectivity index (χ0) is 19.4. The molecule has 27 heavy (non-hydrogen) atoms. The van der Waals surface area contributed by atoms with Crippen LogP contribution in [0.25, 0.3) is 17.4 Å². The Morgan fingerprint density at radius 3 is 2.74 bits per heavy atom. The van der Waals surface area contributed by atoms with Gasteiger partial charge in [0, 0.05) is 16.9 Å². The van der Waals surface area contributed by atoms with E-state index < -0.39 is 11.9 Å². The van der Waals surface area contributed by atoms with Crippen LogP contribution in [0.3, 0.4) is 0 Å². The van der Waals surface area contributed by atoms with Crippen molar-refractivity contribution in [2.45, 2.75) is 18.5 Å². The first kappa shape index (κ1) is 18.5. The lowest BCUT2D eigenvalue weighted by molar-refractivity contribution is -0.298. The molecule has 0 radical (unpaired) electrons. The predicted molar refractivity (Wildman–Crippen MR) is 93.1 cm³/mol. The fourth-order valence-corrected chi connectivity index (χ4v) is 2.93. The number of nitrogens with one attached hydrogen (secondary N) is 1. The van der Waals surface area contributed by atoms with Gasteiger partial charge < -0.3 is 24.2 Å². The number of carbonyl (C=O) groups is 2. The molecule has 0 saturated heterocycles. The highest BCUT2D eigenvalue weighted by Gasteiger charge is 2.10. The van der Waals surface area contributed by atoms with Crippen LogP contribution in [-0.2, 0) is 11.2 Å². The molecule has 1 N–H and O–H groups in total. The van der Waals surface area contributed by atoms with Crippen molar-refractivity contribution < 1.29 is 24.2 Å².